The van der Waals surface area contributed by atoms with E-state index in [0.717, 1.165) is 42.3 Å². The second kappa shape index (κ2) is 7.96. The van der Waals surface area contributed by atoms with Gasteiger partial charge in [-0.3, -0.25) is 14.6 Å². The molecule has 3 aliphatic rings. The quantitative estimate of drug-likeness (QED) is 0.578. The van der Waals surface area contributed by atoms with E-state index in [0.29, 0.717) is 5.69 Å². The number of carbonyl (C=O) groups is 2. The number of benzene rings is 1. The number of carbonyl (C=O) groups excluding carboxylic acids is 2. The SMILES string of the molecule is CC1(C)OB(c2cncc(-c3ccc(NC(=O)C(=O)N4C5CCC4CC5)cc3)c2)OC1(C)C. The molecule has 0 unspecified atom stereocenters. The molecular formula is C25H30BN3O4. The number of anilines is 1. The second-order valence-corrected chi connectivity index (χ2v) is 10.3. The molecule has 0 atom stereocenters. The van der Waals surface area contributed by atoms with Crippen LogP contribution in [-0.4, -0.2) is 52.1 Å². The summed E-state index contributed by atoms with van der Waals surface area (Å²) in [7, 11) is -0.479. The first-order valence-electron chi connectivity index (χ1n) is 11.7. The van der Waals surface area contributed by atoms with Gasteiger partial charge in [-0.1, -0.05) is 18.2 Å². The number of pyridine rings is 1. The van der Waals surface area contributed by atoms with Crippen LogP contribution in [0.25, 0.3) is 11.1 Å². The number of fused-ring (bicyclic) bond motifs is 2. The lowest BCUT2D eigenvalue weighted by molar-refractivity contribution is -0.144. The van der Waals surface area contributed by atoms with Crippen molar-refractivity contribution in [3.63, 3.8) is 0 Å². The van der Waals surface area contributed by atoms with Crippen LogP contribution in [0.4, 0.5) is 5.69 Å². The van der Waals surface area contributed by atoms with Gasteiger partial charge in [-0.25, -0.2) is 0 Å². The van der Waals surface area contributed by atoms with Crippen LogP contribution in [0.1, 0.15) is 53.4 Å². The number of aromatic nitrogens is 1. The van der Waals surface area contributed by atoms with Gasteiger partial charge in [0.05, 0.1) is 11.2 Å². The number of nitrogens with one attached hydrogen (secondary N) is 1. The van der Waals surface area contributed by atoms with Crippen LogP contribution in [0.5, 0.6) is 0 Å². The minimum Gasteiger partial charge on any atom is -0.399 e. The average Bonchev–Trinajstić information content (AvgIpc) is 3.44. The minimum absolute atomic E-state index is 0.236. The molecule has 4 heterocycles. The van der Waals surface area contributed by atoms with E-state index in [-0.39, 0.29) is 12.1 Å². The van der Waals surface area contributed by atoms with E-state index < -0.39 is 30.1 Å². The summed E-state index contributed by atoms with van der Waals surface area (Å²) in [5.41, 5.74) is 2.49. The Kier molecular flexibility index (Phi) is 5.33. The monoisotopic (exact) mass is 447 g/mol. The second-order valence-electron chi connectivity index (χ2n) is 10.3. The van der Waals surface area contributed by atoms with Gasteiger partial charge < -0.3 is 19.5 Å². The van der Waals surface area contributed by atoms with Crippen LogP contribution in [0.3, 0.4) is 0 Å². The number of amides is 2. The predicted molar refractivity (Wildman–Crippen MR) is 127 cm³/mol. The Morgan fingerprint density at radius 1 is 0.939 bits per heavy atom. The van der Waals surface area contributed by atoms with Gasteiger partial charge in [-0.05, 0) is 76.6 Å². The zero-order valence-corrected chi connectivity index (χ0v) is 19.6. The third-order valence-corrected chi connectivity index (χ3v) is 7.64. The molecule has 33 heavy (non-hydrogen) atoms. The van der Waals surface area contributed by atoms with Gasteiger partial charge in [-0.15, -0.1) is 0 Å². The molecule has 5 rings (SSSR count). The molecule has 0 radical (unpaired) electrons. The van der Waals surface area contributed by atoms with E-state index in [1.165, 1.54) is 0 Å². The molecule has 8 heteroatoms. The van der Waals surface area contributed by atoms with Crippen LogP contribution in [0.15, 0.2) is 42.7 Å². The molecule has 2 aromatic rings. The highest BCUT2D eigenvalue weighted by atomic mass is 16.7. The molecule has 2 amide bonds. The van der Waals surface area contributed by atoms with E-state index in [2.05, 4.69) is 10.3 Å². The Balaban J connectivity index is 1.27. The molecule has 3 fully saturated rings. The van der Waals surface area contributed by atoms with Crippen molar-refractivity contribution in [1.29, 1.82) is 0 Å². The van der Waals surface area contributed by atoms with Gasteiger partial charge in [0.2, 0.25) is 0 Å². The minimum atomic E-state index is -0.564. The molecular weight excluding hydrogens is 417 g/mol. The Morgan fingerprint density at radius 3 is 2.09 bits per heavy atom. The van der Waals surface area contributed by atoms with Crippen LogP contribution >= 0.6 is 0 Å². The van der Waals surface area contributed by atoms with Crippen molar-refractivity contribution in [3.05, 3.63) is 42.7 Å². The summed E-state index contributed by atoms with van der Waals surface area (Å²) >= 11 is 0. The van der Waals surface area contributed by atoms with Crippen molar-refractivity contribution in [3.8, 4) is 11.1 Å². The smallest absolute Gasteiger partial charge is 0.399 e. The van der Waals surface area contributed by atoms with E-state index in [9.17, 15) is 9.59 Å². The fourth-order valence-electron chi connectivity index (χ4n) is 5.02. The lowest BCUT2D eigenvalue weighted by Gasteiger charge is -2.32. The number of nitrogens with zero attached hydrogens (tertiary/aromatic N) is 2. The molecule has 2 bridgehead atoms. The highest BCUT2D eigenvalue weighted by Gasteiger charge is 2.51. The largest absolute Gasteiger partial charge is 0.496 e. The van der Waals surface area contributed by atoms with E-state index >= 15 is 0 Å². The van der Waals surface area contributed by atoms with Crippen LogP contribution in [-0.2, 0) is 18.9 Å². The summed E-state index contributed by atoms with van der Waals surface area (Å²) in [5.74, 6) is -0.977. The highest BCUT2D eigenvalue weighted by Crippen LogP contribution is 2.38. The summed E-state index contributed by atoms with van der Waals surface area (Å²) in [5, 5.41) is 2.75. The molecule has 3 saturated heterocycles. The molecule has 3 aliphatic heterocycles. The van der Waals surface area contributed by atoms with Crippen LogP contribution < -0.4 is 10.8 Å². The maximum atomic E-state index is 12.6. The average molecular weight is 447 g/mol. The first-order chi connectivity index (χ1) is 15.6. The van der Waals surface area contributed by atoms with Gasteiger partial charge >= 0.3 is 18.9 Å². The lowest BCUT2D eigenvalue weighted by atomic mass is 9.79. The Labute approximate surface area is 195 Å². The maximum absolute atomic E-state index is 12.6. The standard InChI is InChI=1S/C25H30BN3O4/c1-24(2)25(3,4)33-26(32-24)18-13-17(14-27-15-18)16-5-7-19(8-6-16)28-22(30)23(31)29-20-9-10-21(29)12-11-20/h5-8,13-15,20-21H,9-12H2,1-4H3,(H,28,30). The zero-order chi connectivity index (χ0) is 23.4. The van der Waals surface area contributed by atoms with Gasteiger partial charge in [-0.2, -0.15) is 0 Å². The molecule has 7 nitrogen and oxygen atoms in total. The van der Waals surface area contributed by atoms with Crippen molar-refractivity contribution in [2.45, 2.75) is 76.7 Å². The molecule has 0 spiro atoms. The van der Waals surface area contributed by atoms with Crippen LogP contribution in [0.2, 0.25) is 0 Å². The molecule has 172 valence electrons. The van der Waals surface area contributed by atoms with E-state index in [1.54, 1.807) is 29.4 Å². The topological polar surface area (TPSA) is 80.8 Å². The number of hydrogen-bond acceptors (Lipinski definition) is 5. The van der Waals surface area contributed by atoms with Crippen molar-refractivity contribution in [2.24, 2.45) is 0 Å². The lowest BCUT2D eigenvalue weighted by Crippen LogP contribution is -2.42. The molecule has 0 aliphatic carbocycles. The van der Waals surface area contributed by atoms with Crippen LogP contribution in [0, 0.1) is 0 Å². The highest BCUT2D eigenvalue weighted by molar-refractivity contribution is 6.62. The maximum Gasteiger partial charge on any atom is 0.496 e. The molecule has 0 saturated carbocycles. The number of rotatable bonds is 3. The summed E-state index contributed by atoms with van der Waals surface area (Å²) in [6.45, 7) is 8.10. The van der Waals surface area contributed by atoms with E-state index in [4.69, 9.17) is 9.31 Å². The fourth-order valence-corrected chi connectivity index (χ4v) is 5.02. The molecule has 1 aromatic carbocycles. The fraction of sp³-hybridized carbons (Fsp3) is 0.480. The van der Waals surface area contributed by atoms with Gasteiger partial charge in [0.25, 0.3) is 0 Å². The molecule has 1 aromatic heterocycles. The first-order valence-corrected chi connectivity index (χ1v) is 11.7. The summed E-state index contributed by atoms with van der Waals surface area (Å²) in [6.07, 6.45) is 7.59. The Hall–Kier alpha value is -2.71. The van der Waals surface area contributed by atoms with E-state index in [1.807, 2.05) is 45.9 Å². The summed E-state index contributed by atoms with van der Waals surface area (Å²) in [4.78, 5) is 31.3. The van der Waals surface area contributed by atoms with Gasteiger partial charge in [0.1, 0.15) is 0 Å². The molecule has 1 N–H and O–H groups in total. The predicted octanol–water partition coefficient (Wildman–Crippen LogP) is 3.14. The Bertz CT molecular complexity index is 1050. The van der Waals surface area contributed by atoms with Gasteiger partial charge in [0.15, 0.2) is 0 Å². The summed E-state index contributed by atoms with van der Waals surface area (Å²) in [6, 6.07) is 9.91. The Morgan fingerprint density at radius 2 is 1.52 bits per heavy atom. The van der Waals surface area contributed by atoms with Crippen molar-refractivity contribution >= 4 is 30.1 Å². The van der Waals surface area contributed by atoms with Gasteiger partial charge in [0, 0.05) is 35.6 Å². The normalized spacial score (nSPS) is 24.8. The van der Waals surface area contributed by atoms with Crippen molar-refractivity contribution < 1.29 is 18.9 Å². The third-order valence-electron chi connectivity index (χ3n) is 7.64. The van der Waals surface area contributed by atoms with Crippen molar-refractivity contribution in [2.75, 3.05) is 5.32 Å². The zero-order valence-electron chi connectivity index (χ0n) is 19.6. The van der Waals surface area contributed by atoms with Crippen molar-refractivity contribution in [1.82, 2.24) is 9.88 Å². The first kappa shape index (κ1) is 22.1. The third kappa shape index (κ3) is 3.95. The summed E-state index contributed by atoms with van der Waals surface area (Å²) < 4.78 is 12.3. The number of hydrogen-bond donors (Lipinski definition) is 1.